The predicted molar refractivity (Wildman–Crippen MR) is 53.1 cm³/mol. The highest BCUT2D eigenvalue weighted by Gasteiger charge is 2.25. The van der Waals surface area contributed by atoms with E-state index in [1.165, 1.54) is 14.0 Å². The van der Waals surface area contributed by atoms with Crippen LogP contribution in [0.25, 0.3) is 0 Å². The Morgan fingerprint density at radius 1 is 1.56 bits per heavy atom. The van der Waals surface area contributed by atoms with Crippen LogP contribution >= 0.6 is 0 Å². The summed E-state index contributed by atoms with van der Waals surface area (Å²) in [6.45, 7) is 1.35. The van der Waals surface area contributed by atoms with Crippen LogP contribution < -0.4 is 0 Å². The fourth-order valence-corrected chi connectivity index (χ4v) is 2.23. The molecule has 1 aromatic rings. The number of rotatable bonds is 5. The number of sulfone groups is 1. The Morgan fingerprint density at radius 3 is 2.62 bits per heavy atom. The van der Waals surface area contributed by atoms with Gasteiger partial charge in [-0.25, -0.2) is 8.42 Å². The van der Waals surface area contributed by atoms with E-state index in [4.69, 9.17) is 5.11 Å². The van der Waals surface area contributed by atoms with Crippen molar-refractivity contribution in [2.75, 3.05) is 0 Å². The van der Waals surface area contributed by atoms with Crippen molar-refractivity contribution in [3.05, 3.63) is 5.82 Å². The Labute approximate surface area is 92.2 Å². The van der Waals surface area contributed by atoms with Crippen molar-refractivity contribution in [1.82, 2.24) is 20.2 Å². The molecule has 0 aromatic carbocycles. The number of aliphatic carboxylic acids is 1. The highest BCUT2D eigenvalue weighted by atomic mass is 32.2. The lowest BCUT2D eigenvalue weighted by Crippen LogP contribution is -2.23. The predicted octanol–water partition coefficient (Wildman–Crippen LogP) is -1.01. The van der Waals surface area contributed by atoms with Crippen molar-refractivity contribution in [1.29, 1.82) is 0 Å². The second-order valence-electron chi connectivity index (χ2n) is 3.41. The van der Waals surface area contributed by atoms with Gasteiger partial charge in [-0.15, -0.1) is 10.2 Å². The first-order valence-corrected chi connectivity index (χ1v) is 6.19. The van der Waals surface area contributed by atoms with Crippen LogP contribution in [-0.2, 0) is 27.4 Å². The number of aryl methyl sites for hydroxylation is 1. The van der Waals surface area contributed by atoms with Crippen LogP contribution in [0.4, 0.5) is 0 Å². The highest BCUT2D eigenvalue weighted by molar-refractivity contribution is 7.91. The van der Waals surface area contributed by atoms with Gasteiger partial charge in [-0.1, -0.05) is 0 Å². The van der Waals surface area contributed by atoms with E-state index in [-0.39, 0.29) is 5.82 Å². The number of carbonyl (C=O) groups is 1. The smallest absolute Gasteiger partial charge is 0.304 e. The topological polar surface area (TPSA) is 115 Å². The third-order valence-corrected chi connectivity index (χ3v) is 4.01. The maximum atomic E-state index is 11.7. The van der Waals surface area contributed by atoms with E-state index in [0.29, 0.717) is 0 Å². The van der Waals surface area contributed by atoms with Crippen molar-refractivity contribution in [2.45, 2.75) is 24.3 Å². The van der Waals surface area contributed by atoms with Gasteiger partial charge in [-0.3, -0.25) is 4.79 Å². The Kier molecular flexibility index (Phi) is 3.58. The second kappa shape index (κ2) is 4.56. The Balaban J connectivity index is 2.75. The molecule has 1 rings (SSSR count). The molecule has 0 bridgehead atoms. The van der Waals surface area contributed by atoms with Crippen molar-refractivity contribution in [3.8, 4) is 0 Å². The monoisotopic (exact) mass is 248 g/mol. The summed E-state index contributed by atoms with van der Waals surface area (Å²) in [4.78, 5) is 11.5. The van der Waals surface area contributed by atoms with Gasteiger partial charge in [0, 0.05) is 0 Å². The van der Waals surface area contributed by atoms with E-state index >= 15 is 0 Å². The number of hydrogen-bond donors (Lipinski definition) is 1. The van der Waals surface area contributed by atoms with Gasteiger partial charge in [-0.05, 0) is 12.1 Å². The van der Waals surface area contributed by atoms with Gasteiger partial charge in [0.25, 0.3) is 0 Å². The van der Waals surface area contributed by atoms with Crippen molar-refractivity contribution >= 4 is 15.8 Å². The number of carboxylic acids is 1. The lowest BCUT2D eigenvalue weighted by atomic mass is 10.3. The van der Waals surface area contributed by atoms with E-state index in [1.807, 2.05) is 0 Å². The molecule has 0 radical (unpaired) electrons. The average molecular weight is 248 g/mol. The van der Waals surface area contributed by atoms with Crippen LogP contribution in [0.1, 0.15) is 19.2 Å². The molecule has 0 amide bonds. The lowest BCUT2D eigenvalue weighted by molar-refractivity contribution is -0.136. The third kappa shape index (κ3) is 3.26. The summed E-state index contributed by atoms with van der Waals surface area (Å²) in [5, 5.41) is 18.3. The molecule has 90 valence electrons. The standard InChI is InChI=1S/C7H12N4O4S/c1-5(3-7(12)13)16(14,15)4-6-8-10-11(2)9-6/h5H,3-4H2,1-2H3,(H,12,13). The minimum absolute atomic E-state index is 0.0692. The van der Waals surface area contributed by atoms with Crippen molar-refractivity contribution in [3.63, 3.8) is 0 Å². The largest absolute Gasteiger partial charge is 0.481 e. The molecule has 0 saturated heterocycles. The SMILES string of the molecule is CC(CC(=O)O)S(=O)(=O)Cc1nnn(C)n1. The molecule has 1 aromatic heterocycles. The van der Waals surface area contributed by atoms with Gasteiger partial charge < -0.3 is 5.11 Å². The van der Waals surface area contributed by atoms with Gasteiger partial charge in [0.05, 0.1) is 18.7 Å². The number of nitrogens with zero attached hydrogens (tertiary/aromatic N) is 4. The Hall–Kier alpha value is -1.51. The van der Waals surface area contributed by atoms with Crippen LogP contribution in [0.2, 0.25) is 0 Å². The van der Waals surface area contributed by atoms with E-state index in [0.717, 1.165) is 4.80 Å². The minimum Gasteiger partial charge on any atom is -0.481 e. The molecule has 1 unspecified atom stereocenters. The maximum Gasteiger partial charge on any atom is 0.304 e. The molecule has 0 spiro atoms. The quantitative estimate of drug-likeness (QED) is 0.709. The van der Waals surface area contributed by atoms with Crippen LogP contribution in [0.15, 0.2) is 0 Å². The van der Waals surface area contributed by atoms with Gasteiger partial charge in [0.2, 0.25) is 0 Å². The van der Waals surface area contributed by atoms with Crippen molar-refractivity contribution < 1.29 is 18.3 Å². The molecule has 0 fully saturated rings. The van der Waals surface area contributed by atoms with Crippen LogP contribution in [-0.4, -0.2) is 45.0 Å². The fourth-order valence-electron chi connectivity index (χ4n) is 1.08. The van der Waals surface area contributed by atoms with Crippen molar-refractivity contribution in [2.24, 2.45) is 7.05 Å². The zero-order valence-electron chi connectivity index (χ0n) is 8.86. The molecule has 16 heavy (non-hydrogen) atoms. The minimum atomic E-state index is -3.55. The molecule has 0 saturated carbocycles. The first-order chi connectivity index (χ1) is 7.31. The summed E-state index contributed by atoms with van der Waals surface area (Å²) in [7, 11) is -2.04. The van der Waals surface area contributed by atoms with Gasteiger partial charge >= 0.3 is 5.97 Å². The van der Waals surface area contributed by atoms with Crippen LogP contribution in [0, 0.1) is 0 Å². The fraction of sp³-hybridized carbons (Fsp3) is 0.714. The molecular formula is C7H12N4O4S. The summed E-state index contributed by atoms with van der Waals surface area (Å²) in [6, 6.07) is 0. The zero-order valence-corrected chi connectivity index (χ0v) is 9.68. The molecule has 8 nitrogen and oxygen atoms in total. The summed E-state index contributed by atoms with van der Waals surface area (Å²) < 4.78 is 23.3. The van der Waals surface area contributed by atoms with Gasteiger partial charge in [0.1, 0.15) is 5.75 Å². The normalized spacial score (nSPS) is 13.6. The molecule has 0 aliphatic heterocycles. The highest BCUT2D eigenvalue weighted by Crippen LogP contribution is 2.10. The number of tetrazole rings is 1. The van der Waals surface area contributed by atoms with Gasteiger partial charge in [-0.2, -0.15) is 4.80 Å². The maximum absolute atomic E-state index is 11.7. The first kappa shape index (κ1) is 12.6. The van der Waals surface area contributed by atoms with Gasteiger partial charge in [0.15, 0.2) is 15.7 Å². The van der Waals surface area contributed by atoms with E-state index in [1.54, 1.807) is 0 Å². The molecule has 1 N–H and O–H groups in total. The number of hydrogen-bond acceptors (Lipinski definition) is 6. The zero-order chi connectivity index (χ0) is 12.3. The molecule has 1 heterocycles. The molecule has 9 heteroatoms. The molecule has 0 aliphatic carbocycles. The summed E-state index contributed by atoms with van der Waals surface area (Å²) in [5.74, 6) is -1.47. The molecule has 0 aliphatic rings. The van der Waals surface area contributed by atoms with E-state index in [9.17, 15) is 13.2 Å². The third-order valence-electron chi connectivity index (χ3n) is 1.96. The average Bonchev–Trinajstić information content (AvgIpc) is 2.49. The second-order valence-corrected chi connectivity index (χ2v) is 5.83. The van der Waals surface area contributed by atoms with Crippen LogP contribution in [0.3, 0.4) is 0 Å². The molecular weight excluding hydrogens is 236 g/mol. The first-order valence-electron chi connectivity index (χ1n) is 4.47. The van der Waals surface area contributed by atoms with E-state index in [2.05, 4.69) is 15.4 Å². The number of carboxylic acid groups (broad SMARTS) is 1. The summed E-state index contributed by atoms with van der Waals surface area (Å²) in [6.07, 6.45) is -0.428. The molecule has 1 atom stereocenters. The number of aromatic nitrogens is 4. The Bertz CT molecular complexity index is 480. The summed E-state index contributed by atoms with van der Waals surface area (Å²) in [5.41, 5.74) is 0. The Morgan fingerprint density at radius 2 is 2.19 bits per heavy atom. The lowest BCUT2D eigenvalue weighted by Gasteiger charge is -2.07. The summed E-state index contributed by atoms with van der Waals surface area (Å²) >= 11 is 0. The van der Waals surface area contributed by atoms with E-state index < -0.39 is 33.2 Å². The van der Waals surface area contributed by atoms with Crippen LogP contribution in [0.5, 0.6) is 0 Å².